The highest BCUT2D eigenvalue weighted by Gasteiger charge is 2.34. The molecule has 2 heterocycles. The van der Waals surface area contributed by atoms with Crippen LogP contribution in [0.1, 0.15) is 31.7 Å². The van der Waals surface area contributed by atoms with Crippen molar-refractivity contribution >= 4 is 11.6 Å². The van der Waals surface area contributed by atoms with E-state index in [4.69, 9.17) is 0 Å². The van der Waals surface area contributed by atoms with Crippen LogP contribution in [0.2, 0.25) is 0 Å². The Hall–Kier alpha value is -1.39. The van der Waals surface area contributed by atoms with E-state index in [0.29, 0.717) is 6.54 Å². The zero-order chi connectivity index (χ0) is 16.2. The lowest BCUT2D eigenvalue weighted by atomic mass is 9.84. The second kappa shape index (κ2) is 7.45. The van der Waals surface area contributed by atoms with E-state index in [2.05, 4.69) is 41.2 Å². The summed E-state index contributed by atoms with van der Waals surface area (Å²) in [5, 5.41) is 3.05. The Kier molecular flexibility index (Phi) is 5.34. The van der Waals surface area contributed by atoms with E-state index in [1.54, 1.807) is 0 Å². The first kappa shape index (κ1) is 16.5. The highest BCUT2D eigenvalue weighted by Crippen LogP contribution is 2.29. The SMILES string of the molecule is CCc1cccc(NC(=O)CN2CCC3C(CCCN3C)C2)c1. The first-order chi connectivity index (χ1) is 11.2. The molecule has 0 bridgehead atoms. The second-order valence-corrected chi connectivity index (χ2v) is 7.08. The van der Waals surface area contributed by atoms with Crippen molar-refractivity contribution in [2.45, 2.75) is 38.6 Å². The lowest BCUT2D eigenvalue weighted by Gasteiger charge is -2.45. The molecule has 2 atom stereocenters. The minimum Gasteiger partial charge on any atom is -0.325 e. The van der Waals surface area contributed by atoms with Crippen LogP contribution in [0.15, 0.2) is 24.3 Å². The average molecular weight is 315 g/mol. The molecule has 1 N–H and O–H groups in total. The number of hydrogen-bond donors (Lipinski definition) is 1. The largest absolute Gasteiger partial charge is 0.325 e. The van der Waals surface area contributed by atoms with Crippen LogP contribution in [-0.4, -0.2) is 55.0 Å². The summed E-state index contributed by atoms with van der Waals surface area (Å²) < 4.78 is 0. The van der Waals surface area contributed by atoms with Crippen LogP contribution >= 0.6 is 0 Å². The van der Waals surface area contributed by atoms with Crippen molar-refractivity contribution in [3.05, 3.63) is 29.8 Å². The Bertz CT molecular complexity index is 545. The van der Waals surface area contributed by atoms with Gasteiger partial charge in [-0.25, -0.2) is 0 Å². The van der Waals surface area contributed by atoms with E-state index in [1.165, 1.54) is 31.4 Å². The van der Waals surface area contributed by atoms with E-state index in [0.717, 1.165) is 37.2 Å². The van der Waals surface area contributed by atoms with Crippen molar-refractivity contribution < 1.29 is 4.79 Å². The predicted molar refractivity (Wildman–Crippen MR) is 94.6 cm³/mol. The van der Waals surface area contributed by atoms with Gasteiger partial charge in [-0.15, -0.1) is 0 Å². The van der Waals surface area contributed by atoms with Gasteiger partial charge < -0.3 is 10.2 Å². The fraction of sp³-hybridized carbons (Fsp3) is 0.632. The molecule has 23 heavy (non-hydrogen) atoms. The molecule has 0 aromatic heterocycles. The minimum absolute atomic E-state index is 0.112. The van der Waals surface area contributed by atoms with Gasteiger partial charge in [-0.1, -0.05) is 19.1 Å². The van der Waals surface area contributed by atoms with Crippen LogP contribution < -0.4 is 5.32 Å². The molecule has 0 aliphatic carbocycles. The van der Waals surface area contributed by atoms with Crippen LogP contribution in [0.25, 0.3) is 0 Å². The molecule has 2 saturated heterocycles. The van der Waals surface area contributed by atoms with E-state index in [-0.39, 0.29) is 5.91 Å². The van der Waals surface area contributed by atoms with E-state index in [1.807, 2.05) is 12.1 Å². The molecule has 0 saturated carbocycles. The third-order valence-electron chi connectivity index (χ3n) is 5.42. The number of nitrogens with one attached hydrogen (secondary N) is 1. The predicted octanol–water partition coefficient (Wildman–Crippen LogP) is 2.60. The van der Waals surface area contributed by atoms with E-state index >= 15 is 0 Å². The molecule has 3 rings (SSSR count). The quantitative estimate of drug-likeness (QED) is 0.928. The molecule has 2 unspecified atom stereocenters. The Morgan fingerprint density at radius 3 is 3.00 bits per heavy atom. The number of likely N-dealkylation sites (tertiary alicyclic amines) is 2. The molecule has 0 spiro atoms. The summed E-state index contributed by atoms with van der Waals surface area (Å²) in [5.41, 5.74) is 2.18. The molecule has 1 aromatic rings. The number of amides is 1. The number of carbonyl (C=O) groups is 1. The van der Waals surface area contributed by atoms with Crippen molar-refractivity contribution in [1.29, 1.82) is 0 Å². The molecular weight excluding hydrogens is 286 g/mol. The van der Waals surface area contributed by atoms with Crippen molar-refractivity contribution in [3.8, 4) is 0 Å². The van der Waals surface area contributed by atoms with E-state index in [9.17, 15) is 4.79 Å². The summed E-state index contributed by atoms with van der Waals surface area (Å²) in [4.78, 5) is 17.2. The molecule has 126 valence electrons. The van der Waals surface area contributed by atoms with Crippen LogP contribution in [0.4, 0.5) is 5.69 Å². The summed E-state index contributed by atoms with van der Waals surface area (Å²) in [6, 6.07) is 8.88. The van der Waals surface area contributed by atoms with Crippen molar-refractivity contribution in [2.75, 3.05) is 38.5 Å². The van der Waals surface area contributed by atoms with E-state index < -0.39 is 0 Å². The Morgan fingerprint density at radius 2 is 2.17 bits per heavy atom. The normalized spacial score (nSPS) is 25.8. The highest BCUT2D eigenvalue weighted by molar-refractivity contribution is 5.92. The lowest BCUT2D eigenvalue weighted by Crippen LogP contribution is -2.53. The number of carbonyl (C=O) groups excluding carboxylic acids is 1. The summed E-state index contributed by atoms with van der Waals surface area (Å²) in [6.07, 6.45) is 4.79. The fourth-order valence-electron chi connectivity index (χ4n) is 4.14. The van der Waals surface area contributed by atoms with Gasteiger partial charge in [0.1, 0.15) is 0 Å². The van der Waals surface area contributed by atoms with Crippen LogP contribution in [0.5, 0.6) is 0 Å². The second-order valence-electron chi connectivity index (χ2n) is 7.08. The number of piperidine rings is 2. The van der Waals surface area contributed by atoms with Crippen molar-refractivity contribution in [3.63, 3.8) is 0 Å². The fourth-order valence-corrected chi connectivity index (χ4v) is 4.14. The average Bonchev–Trinajstić information content (AvgIpc) is 2.55. The zero-order valence-electron chi connectivity index (χ0n) is 14.4. The van der Waals surface area contributed by atoms with Gasteiger partial charge in [-0.3, -0.25) is 9.69 Å². The van der Waals surface area contributed by atoms with Gasteiger partial charge in [0.05, 0.1) is 6.54 Å². The first-order valence-electron chi connectivity index (χ1n) is 8.97. The number of rotatable bonds is 4. The Balaban J connectivity index is 1.52. The molecular formula is C19H29N3O. The van der Waals surface area contributed by atoms with Gasteiger partial charge in [-0.2, -0.15) is 0 Å². The number of aryl methyl sites for hydroxylation is 1. The van der Waals surface area contributed by atoms with Gasteiger partial charge in [0.15, 0.2) is 0 Å². The summed E-state index contributed by atoms with van der Waals surface area (Å²) in [5.74, 6) is 0.847. The number of hydrogen-bond acceptors (Lipinski definition) is 3. The molecule has 1 aromatic carbocycles. The molecule has 0 radical (unpaired) electrons. The maximum Gasteiger partial charge on any atom is 0.238 e. The third-order valence-corrected chi connectivity index (χ3v) is 5.42. The number of nitrogens with zero attached hydrogens (tertiary/aromatic N) is 2. The first-order valence-corrected chi connectivity index (χ1v) is 8.97. The number of benzene rings is 1. The monoisotopic (exact) mass is 315 g/mol. The molecule has 2 aliphatic rings. The van der Waals surface area contributed by atoms with Gasteiger partial charge in [0.2, 0.25) is 5.91 Å². The summed E-state index contributed by atoms with van der Waals surface area (Å²) >= 11 is 0. The smallest absolute Gasteiger partial charge is 0.238 e. The Morgan fingerprint density at radius 1 is 1.30 bits per heavy atom. The lowest BCUT2D eigenvalue weighted by molar-refractivity contribution is -0.118. The van der Waals surface area contributed by atoms with Crippen molar-refractivity contribution in [1.82, 2.24) is 9.80 Å². The van der Waals surface area contributed by atoms with Crippen LogP contribution in [0.3, 0.4) is 0 Å². The van der Waals surface area contributed by atoms with Gasteiger partial charge in [0.25, 0.3) is 0 Å². The standard InChI is InChI=1S/C19H29N3O/c1-3-15-6-4-8-17(12-15)20-19(23)14-22-11-9-18-16(13-22)7-5-10-21(18)2/h4,6,8,12,16,18H,3,5,7,9-11,13-14H2,1-2H3,(H,20,23). The molecule has 2 aliphatic heterocycles. The van der Waals surface area contributed by atoms with Crippen molar-refractivity contribution in [2.24, 2.45) is 5.92 Å². The molecule has 4 heteroatoms. The van der Waals surface area contributed by atoms with Gasteiger partial charge in [-0.05, 0) is 62.9 Å². The highest BCUT2D eigenvalue weighted by atomic mass is 16.2. The maximum atomic E-state index is 12.3. The minimum atomic E-state index is 0.112. The molecule has 1 amide bonds. The van der Waals surface area contributed by atoms with Gasteiger partial charge >= 0.3 is 0 Å². The summed E-state index contributed by atoms with van der Waals surface area (Å²) in [6.45, 7) is 5.98. The number of anilines is 1. The topological polar surface area (TPSA) is 35.6 Å². The van der Waals surface area contributed by atoms with Crippen LogP contribution in [0, 0.1) is 5.92 Å². The Labute approximate surface area is 139 Å². The van der Waals surface area contributed by atoms with Crippen LogP contribution in [-0.2, 0) is 11.2 Å². The van der Waals surface area contributed by atoms with Gasteiger partial charge in [0, 0.05) is 24.8 Å². The molecule has 2 fully saturated rings. The summed E-state index contributed by atoms with van der Waals surface area (Å²) in [7, 11) is 2.25. The zero-order valence-corrected chi connectivity index (χ0v) is 14.4. The molecule has 4 nitrogen and oxygen atoms in total. The maximum absolute atomic E-state index is 12.3. The third kappa shape index (κ3) is 4.12. The number of fused-ring (bicyclic) bond motifs is 1.